The van der Waals surface area contributed by atoms with Crippen LogP contribution in [0.1, 0.15) is 23.2 Å². The highest BCUT2D eigenvalue weighted by Gasteiger charge is 2.64. The highest BCUT2D eigenvalue weighted by atomic mass is 16.6. The smallest absolute Gasteiger partial charge is 0.310 e. The molecule has 5 atom stereocenters. The Hall–Kier alpha value is -2.77. The highest BCUT2D eigenvalue weighted by molar-refractivity contribution is 5.98. The molecule has 2 saturated carbocycles. The van der Waals surface area contributed by atoms with Gasteiger partial charge < -0.3 is 9.47 Å². The summed E-state index contributed by atoms with van der Waals surface area (Å²) >= 11 is 0. The van der Waals surface area contributed by atoms with Crippen molar-refractivity contribution in [2.45, 2.75) is 18.9 Å². The maximum Gasteiger partial charge on any atom is 0.310 e. The van der Waals surface area contributed by atoms with Crippen LogP contribution in [0.15, 0.2) is 24.3 Å². The normalized spacial score (nSPS) is 31.7. The van der Waals surface area contributed by atoms with E-state index in [1.807, 2.05) is 0 Å². The van der Waals surface area contributed by atoms with Crippen LogP contribution in [-0.2, 0) is 19.1 Å². The first-order chi connectivity index (χ1) is 12.0. The van der Waals surface area contributed by atoms with Gasteiger partial charge in [0.15, 0.2) is 6.61 Å². The first-order valence-electron chi connectivity index (χ1n) is 8.10. The molecule has 25 heavy (non-hydrogen) atoms. The molecular formula is C17H15NO7. The number of nitro benzene ring substituents is 1. The SMILES string of the molecule is O=C(COC(=O)[C@@H]1[C@@H]2C[C@H]3[C@@H]1C(=O)O[C@@H]3C2)c1cccc([N+](=O)[O-])c1. The number of ketones is 1. The van der Waals surface area contributed by atoms with E-state index in [2.05, 4.69) is 0 Å². The molecule has 2 bridgehead atoms. The molecule has 0 unspecified atom stereocenters. The van der Waals surface area contributed by atoms with E-state index < -0.39 is 35.1 Å². The van der Waals surface area contributed by atoms with Gasteiger partial charge in [-0.25, -0.2) is 0 Å². The molecule has 8 nitrogen and oxygen atoms in total. The van der Waals surface area contributed by atoms with E-state index >= 15 is 0 Å². The maximum atomic E-state index is 12.4. The molecule has 3 aliphatic rings. The molecule has 8 heteroatoms. The number of carbonyl (C=O) groups excluding carboxylic acids is 3. The number of non-ortho nitro benzene ring substituents is 1. The van der Waals surface area contributed by atoms with Gasteiger partial charge in [-0.3, -0.25) is 24.5 Å². The van der Waals surface area contributed by atoms with Crippen LogP contribution in [-0.4, -0.2) is 35.4 Å². The van der Waals surface area contributed by atoms with Gasteiger partial charge in [0.2, 0.25) is 5.78 Å². The third-order valence-corrected chi connectivity index (χ3v) is 5.48. The Bertz CT molecular complexity index is 787. The number of esters is 2. The average Bonchev–Trinajstić information content (AvgIpc) is 3.21. The topological polar surface area (TPSA) is 113 Å². The maximum absolute atomic E-state index is 12.4. The Morgan fingerprint density at radius 2 is 2.12 bits per heavy atom. The molecule has 0 spiro atoms. The predicted molar refractivity (Wildman–Crippen MR) is 81.5 cm³/mol. The van der Waals surface area contributed by atoms with Crippen LogP contribution in [0, 0.1) is 33.8 Å². The van der Waals surface area contributed by atoms with Crippen LogP contribution >= 0.6 is 0 Å². The Balaban J connectivity index is 1.41. The quantitative estimate of drug-likeness (QED) is 0.344. The third kappa shape index (κ3) is 2.48. The lowest BCUT2D eigenvalue weighted by Crippen LogP contribution is -2.34. The molecule has 2 aliphatic carbocycles. The Kier molecular flexibility index (Phi) is 3.55. The van der Waals surface area contributed by atoms with Gasteiger partial charge in [0, 0.05) is 23.6 Å². The zero-order valence-electron chi connectivity index (χ0n) is 13.1. The van der Waals surface area contributed by atoms with E-state index in [0.29, 0.717) is 6.42 Å². The summed E-state index contributed by atoms with van der Waals surface area (Å²) in [5.74, 6) is -2.28. The van der Waals surface area contributed by atoms with Gasteiger partial charge in [0.25, 0.3) is 5.69 Å². The number of nitrogens with zero attached hydrogens (tertiary/aromatic N) is 1. The molecule has 3 fully saturated rings. The molecule has 0 amide bonds. The van der Waals surface area contributed by atoms with E-state index in [1.54, 1.807) is 0 Å². The van der Waals surface area contributed by atoms with Crippen molar-refractivity contribution in [1.29, 1.82) is 0 Å². The summed E-state index contributed by atoms with van der Waals surface area (Å²) in [6, 6.07) is 5.25. The van der Waals surface area contributed by atoms with Crippen molar-refractivity contribution < 1.29 is 28.8 Å². The van der Waals surface area contributed by atoms with Crippen molar-refractivity contribution in [3.63, 3.8) is 0 Å². The fraction of sp³-hybridized carbons (Fsp3) is 0.471. The fourth-order valence-corrected chi connectivity index (χ4v) is 4.43. The van der Waals surface area contributed by atoms with Crippen LogP contribution in [0.3, 0.4) is 0 Å². The Labute approximate surface area is 142 Å². The summed E-state index contributed by atoms with van der Waals surface area (Å²) in [7, 11) is 0. The minimum atomic E-state index is -0.597. The van der Waals surface area contributed by atoms with E-state index in [-0.39, 0.29) is 35.2 Å². The van der Waals surface area contributed by atoms with Crippen LogP contribution in [0.5, 0.6) is 0 Å². The van der Waals surface area contributed by atoms with Crippen molar-refractivity contribution in [2.24, 2.45) is 23.7 Å². The molecule has 0 aromatic heterocycles. The summed E-state index contributed by atoms with van der Waals surface area (Å²) in [6.07, 6.45) is 1.38. The van der Waals surface area contributed by atoms with Gasteiger partial charge in [-0.05, 0) is 18.8 Å². The number of Topliss-reactive ketones (excluding diaryl/α,β-unsaturated/α-hetero) is 1. The van der Waals surface area contributed by atoms with Crippen molar-refractivity contribution >= 4 is 23.4 Å². The van der Waals surface area contributed by atoms with Crippen molar-refractivity contribution in [1.82, 2.24) is 0 Å². The predicted octanol–water partition coefficient (Wildman–Crippen LogP) is 1.52. The number of fused-ring (bicyclic) bond motifs is 1. The first-order valence-corrected chi connectivity index (χ1v) is 8.10. The van der Waals surface area contributed by atoms with E-state index in [1.165, 1.54) is 18.2 Å². The molecule has 1 saturated heterocycles. The molecule has 1 aliphatic heterocycles. The molecule has 1 aromatic rings. The molecule has 4 rings (SSSR count). The standard InChI is InChI=1S/C17H15NO7/c19-12(8-2-1-3-10(4-8)18(22)23)7-24-16(20)14-9-5-11-13(6-9)25-17(21)15(11)14/h1-4,9,11,13-15H,5-7H2/t9-,11-,13-,14-,15+/m1/s1. The zero-order chi connectivity index (χ0) is 17.7. The number of hydrogen-bond donors (Lipinski definition) is 0. The van der Waals surface area contributed by atoms with Gasteiger partial charge in [-0.15, -0.1) is 0 Å². The van der Waals surface area contributed by atoms with Gasteiger partial charge in [-0.2, -0.15) is 0 Å². The monoisotopic (exact) mass is 345 g/mol. The number of rotatable bonds is 5. The number of nitro groups is 1. The number of benzene rings is 1. The minimum absolute atomic E-state index is 0.0619. The summed E-state index contributed by atoms with van der Waals surface area (Å²) in [5.41, 5.74) is -0.0969. The first kappa shape index (κ1) is 15.7. The average molecular weight is 345 g/mol. The second-order valence-corrected chi connectivity index (χ2v) is 6.76. The summed E-state index contributed by atoms with van der Waals surface area (Å²) in [4.78, 5) is 46.6. The fourth-order valence-electron chi connectivity index (χ4n) is 4.43. The molecular weight excluding hydrogens is 330 g/mol. The minimum Gasteiger partial charge on any atom is -0.462 e. The number of hydrogen-bond acceptors (Lipinski definition) is 7. The largest absolute Gasteiger partial charge is 0.462 e. The van der Waals surface area contributed by atoms with Gasteiger partial charge in [-0.1, -0.05) is 12.1 Å². The molecule has 0 N–H and O–H groups in total. The van der Waals surface area contributed by atoms with Gasteiger partial charge >= 0.3 is 11.9 Å². The molecule has 1 aromatic carbocycles. The van der Waals surface area contributed by atoms with Crippen LogP contribution in [0.4, 0.5) is 5.69 Å². The number of carbonyl (C=O) groups is 3. The lowest BCUT2D eigenvalue weighted by atomic mass is 9.80. The van der Waals surface area contributed by atoms with Gasteiger partial charge in [0.05, 0.1) is 16.8 Å². The Morgan fingerprint density at radius 3 is 2.88 bits per heavy atom. The van der Waals surface area contributed by atoms with Gasteiger partial charge in [0.1, 0.15) is 6.10 Å². The van der Waals surface area contributed by atoms with Crippen LogP contribution < -0.4 is 0 Å². The second kappa shape index (κ2) is 5.65. The van der Waals surface area contributed by atoms with E-state index in [0.717, 1.165) is 12.5 Å². The summed E-state index contributed by atoms with van der Waals surface area (Å²) in [6.45, 7) is -0.501. The van der Waals surface area contributed by atoms with Crippen LogP contribution in [0.2, 0.25) is 0 Å². The molecule has 0 radical (unpaired) electrons. The second-order valence-electron chi connectivity index (χ2n) is 6.76. The molecule has 130 valence electrons. The van der Waals surface area contributed by atoms with Crippen LogP contribution in [0.25, 0.3) is 0 Å². The lowest BCUT2D eigenvalue weighted by molar-refractivity contribution is -0.384. The summed E-state index contributed by atoms with van der Waals surface area (Å²) in [5, 5.41) is 10.8. The lowest BCUT2D eigenvalue weighted by Gasteiger charge is -2.22. The zero-order valence-corrected chi connectivity index (χ0v) is 13.1. The van der Waals surface area contributed by atoms with E-state index in [4.69, 9.17) is 9.47 Å². The third-order valence-electron chi connectivity index (χ3n) is 5.48. The molecule has 1 heterocycles. The van der Waals surface area contributed by atoms with Crippen molar-refractivity contribution in [2.75, 3.05) is 6.61 Å². The van der Waals surface area contributed by atoms with E-state index in [9.17, 15) is 24.5 Å². The Morgan fingerprint density at radius 1 is 1.32 bits per heavy atom. The van der Waals surface area contributed by atoms with Crippen molar-refractivity contribution in [3.05, 3.63) is 39.9 Å². The number of ether oxygens (including phenoxy) is 2. The van der Waals surface area contributed by atoms with Crippen molar-refractivity contribution in [3.8, 4) is 0 Å². The highest BCUT2D eigenvalue weighted by Crippen LogP contribution is 2.57. The summed E-state index contributed by atoms with van der Waals surface area (Å²) < 4.78 is 10.4.